The molecule has 4 rings (SSSR count). The number of carbonyl (C=O) groups is 1. The SMILES string of the molecule is Cc1cc(C)c2sc(N(Cc3ccccn3)C(=O)c3ccc(Br)cc3)nc2c1. The third-order valence-corrected chi connectivity index (χ3v) is 6.18. The van der Waals surface area contributed by atoms with Gasteiger partial charge in [-0.05, 0) is 67.4 Å². The molecule has 0 aliphatic heterocycles. The molecule has 0 bridgehead atoms. The zero-order valence-electron chi connectivity index (χ0n) is 15.5. The van der Waals surface area contributed by atoms with Gasteiger partial charge in [-0.1, -0.05) is 39.4 Å². The first-order chi connectivity index (χ1) is 13.5. The molecule has 0 aliphatic rings. The fourth-order valence-electron chi connectivity index (χ4n) is 3.11. The van der Waals surface area contributed by atoms with Crippen LogP contribution in [0.5, 0.6) is 0 Å². The molecular weight excluding hydrogens is 434 g/mol. The molecule has 6 heteroatoms. The molecule has 1 amide bonds. The second-order valence-electron chi connectivity index (χ2n) is 6.65. The van der Waals surface area contributed by atoms with Crippen LogP contribution < -0.4 is 4.90 Å². The van der Waals surface area contributed by atoms with Gasteiger partial charge in [0.2, 0.25) is 0 Å². The zero-order valence-corrected chi connectivity index (χ0v) is 17.9. The van der Waals surface area contributed by atoms with Gasteiger partial charge in [0.05, 0.1) is 22.5 Å². The summed E-state index contributed by atoms with van der Waals surface area (Å²) in [6.07, 6.45) is 1.74. The van der Waals surface area contributed by atoms with Crippen LogP contribution in [0.25, 0.3) is 10.2 Å². The quantitative estimate of drug-likeness (QED) is 0.386. The van der Waals surface area contributed by atoms with Crippen molar-refractivity contribution in [2.75, 3.05) is 4.90 Å². The number of carbonyl (C=O) groups excluding carboxylic acids is 1. The van der Waals surface area contributed by atoms with E-state index >= 15 is 0 Å². The molecule has 0 saturated carbocycles. The number of rotatable bonds is 4. The monoisotopic (exact) mass is 451 g/mol. The summed E-state index contributed by atoms with van der Waals surface area (Å²) in [7, 11) is 0. The lowest BCUT2D eigenvalue weighted by molar-refractivity contribution is 0.0985. The molecule has 0 fully saturated rings. The minimum absolute atomic E-state index is 0.0911. The van der Waals surface area contributed by atoms with Crippen LogP contribution in [0.3, 0.4) is 0 Å². The van der Waals surface area contributed by atoms with E-state index in [0.717, 1.165) is 25.9 Å². The average molecular weight is 452 g/mol. The van der Waals surface area contributed by atoms with Crippen molar-refractivity contribution in [1.82, 2.24) is 9.97 Å². The highest BCUT2D eigenvalue weighted by Crippen LogP contribution is 2.33. The molecule has 4 nitrogen and oxygen atoms in total. The summed E-state index contributed by atoms with van der Waals surface area (Å²) < 4.78 is 2.04. The topological polar surface area (TPSA) is 46.1 Å². The van der Waals surface area contributed by atoms with E-state index in [9.17, 15) is 4.79 Å². The van der Waals surface area contributed by atoms with Crippen LogP contribution >= 0.6 is 27.3 Å². The van der Waals surface area contributed by atoms with E-state index < -0.39 is 0 Å². The largest absolute Gasteiger partial charge is 0.278 e. The first kappa shape index (κ1) is 18.8. The third-order valence-electron chi connectivity index (χ3n) is 4.42. The summed E-state index contributed by atoms with van der Waals surface area (Å²) in [4.78, 5) is 24.2. The van der Waals surface area contributed by atoms with Crippen LogP contribution in [-0.2, 0) is 6.54 Å². The first-order valence-corrected chi connectivity index (χ1v) is 10.5. The Bertz CT molecular complexity index is 1140. The molecule has 0 aliphatic carbocycles. The van der Waals surface area contributed by atoms with E-state index in [4.69, 9.17) is 4.98 Å². The van der Waals surface area contributed by atoms with Gasteiger partial charge >= 0.3 is 0 Å². The Balaban J connectivity index is 1.79. The zero-order chi connectivity index (χ0) is 19.7. The lowest BCUT2D eigenvalue weighted by Gasteiger charge is -2.19. The highest BCUT2D eigenvalue weighted by molar-refractivity contribution is 9.10. The maximum absolute atomic E-state index is 13.3. The molecule has 28 heavy (non-hydrogen) atoms. The van der Waals surface area contributed by atoms with Gasteiger partial charge in [-0.15, -0.1) is 0 Å². The molecule has 2 heterocycles. The third kappa shape index (κ3) is 3.84. The molecule has 4 aromatic rings. The summed E-state index contributed by atoms with van der Waals surface area (Å²) in [6, 6.07) is 17.3. The maximum atomic E-state index is 13.3. The number of benzene rings is 2. The molecule has 140 valence electrons. The second-order valence-corrected chi connectivity index (χ2v) is 8.54. The van der Waals surface area contributed by atoms with Gasteiger partial charge in [-0.2, -0.15) is 0 Å². The van der Waals surface area contributed by atoms with Crippen molar-refractivity contribution in [3.63, 3.8) is 0 Å². The Labute approximate surface area is 176 Å². The van der Waals surface area contributed by atoms with Gasteiger partial charge in [-0.25, -0.2) is 4.98 Å². The van der Waals surface area contributed by atoms with E-state index in [1.807, 2.05) is 42.5 Å². The fraction of sp³-hybridized carbons (Fsp3) is 0.136. The molecule has 0 spiro atoms. The van der Waals surface area contributed by atoms with Crippen LogP contribution in [0, 0.1) is 13.8 Å². The van der Waals surface area contributed by atoms with Crippen molar-refractivity contribution in [3.05, 3.63) is 87.7 Å². The van der Waals surface area contributed by atoms with Gasteiger partial charge in [0.1, 0.15) is 0 Å². The predicted molar refractivity (Wildman–Crippen MR) is 118 cm³/mol. The van der Waals surface area contributed by atoms with Crippen molar-refractivity contribution in [1.29, 1.82) is 0 Å². The molecule has 0 saturated heterocycles. The molecular formula is C22H18BrN3OS. The number of aromatic nitrogens is 2. The van der Waals surface area contributed by atoms with E-state index in [2.05, 4.69) is 46.9 Å². The van der Waals surface area contributed by atoms with Crippen molar-refractivity contribution in [2.45, 2.75) is 20.4 Å². The molecule has 2 aromatic heterocycles. The Hall–Kier alpha value is -2.57. The Morgan fingerprint density at radius 2 is 1.89 bits per heavy atom. The van der Waals surface area contributed by atoms with Gasteiger partial charge < -0.3 is 0 Å². The van der Waals surface area contributed by atoms with Crippen molar-refractivity contribution < 1.29 is 4.79 Å². The van der Waals surface area contributed by atoms with Crippen LogP contribution in [0.1, 0.15) is 27.2 Å². The number of nitrogens with zero attached hydrogens (tertiary/aromatic N) is 3. The van der Waals surface area contributed by atoms with Gasteiger partial charge in [0.15, 0.2) is 5.13 Å². The lowest BCUT2D eigenvalue weighted by Crippen LogP contribution is -2.30. The Kier molecular flexibility index (Phi) is 5.24. The highest BCUT2D eigenvalue weighted by Gasteiger charge is 2.22. The molecule has 0 radical (unpaired) electrons. The van der Waals surface area contributed by atoms with E-state index in [0.29, 0.717) is 17.2 Å². The smallest absolute Gasteiger partial charge is 0.260 e. The molecule has 0 atom stereocenters. The van der Waals surface area contributed by atoms with Crippen LogP contribution in [-0.4, -0.2) is 15.9 Å². The number of halogens is 1. The van der Waals surface area contributed by atoms with Gasteiger partial charge in [-0.3, -0.25) is 14.7 Å². The summed E-state index contributed by atoms with van der Waals surface area (Å²) >= 11 is 4.97. The summed E-state index contributed by atoms with van der Waals surface area (Å²) in [5.74, 6) is -0.0911. The minimum Gasteiger partial charge on any atom is -0.278 e. The van der Waals surface area contributed by atoms with Gasteiger partial charge in [0, 0.05) is 16.2 Å². The average Bonchev–Trinajstić information content (AvgIpc) is 3.11. The first-order valence-electron chi connectivity index (χ1n) is 8.86. The van der Waals surface area contributed by atoms with Crippen LogP contribution in [0.2, 0.25) is 0 Å². The van der Waals surface area contributed by atoms with E-state index in [-0.39, 0.29) is 5.91 Å². The van der Waals surface area contributed by atoms with E-state index in [1.54, 1.807) is 22.4 Å². The molecule has 2 aromatic carbocycles. The normalized spacial score (nSPS) is 11.0. The standard InChI is InChI=1S/C22H18BrN3OS/c1-14-11-15(2)20-19(12-14)25-22(28-20)26(13-18-5-3-4-10-24-18)21(27)16-6-8-17(23)9-7-16/h3-12H,13H2,1-2H3. The second kappa shape index (κ2) is 7.81. The molecule has 0 N–H and O–H groups in total. The fourth-order valence-corrected chi connectivity index (χ4v) is 4.39. The summed E-state index contributed by atoms with van der Waals surface area (Å²) in [5, 5.41) is 0.683. The van der Waals surface area contributed by atoms with E-state index in [1.165, 1.54) is 5.56 Å². The lowest BCUT2D eigenvalue weighted by atomic mass is 10.1. The maximum Gasteiger partial charge on any atom is 0.260 e. The van der Waals surface area contributed by atoms with Crippen LogP contribution in [0.4, 0.5) is 5.13 Å². The van der Waals surface area contributed by atoms with Gasteiger partial charge in [0.25, 0.3) is 5.91 Å². The predicted octanol–water partition coefficient (Wildman–Crippen LogP) is 5.92. The Morgan fingerprint density at radius 1 is 1.11 bits per heavy atom. The number of fused-ring (bicyclic) bond motifs is 1. The number of hydrogen-bond donors (Lipinski definition) is 0. The number of aryl methyl sites for hydroxylation is 2. The van der Waals surface area contributed by atoms with Crippen molar-refractivity contribution in [2.24, 2.45) is 0 Å². The highest BCUT2D eigenvalue weighted by atomic mass is 79.9. The summed E-state index contributed by atoms with van der Waals surface area (Å²) in [6.45, 7) is 4.51. The van der Waals surface area contributed by atoms with Crippen molar-refractivity contribution in [3.8, 4) is 0 Å². The number of anilines is 1. The number of hydrogen-bond acceptors (Lipinski definition) is 4. The van der Waals surface area contributed by atoms with Crippen molar-refractivity contribution >= 4 is 48.5 Å². The minimum atomic E-state index is -0.0911. The molecule has 0 unspecified atom stereocenters. The number of pyridine rings is 1. The number of amides is 1. The summed E-state index contributed by atoms with van der Waals surface area (Å²) in [5.41, 5.74) is 4.70. The number of thiazole rings is 1. The van der Waals surface area contributed by atoms with Crippen LogP contribution in [0.15, 0.2) is 65.3 Å². The Morgan fingerprint density at radius 3 is 2.61 bits per heavy atom.